The Morgan fingerprint density at radius 1 is 1.57 bits per heavy atom. The van der Waals surface area contributed by atoms with Crippen LogP contribution in [0.5, 0.6) is 0 Å². The second-order valence-electron chi connectivity index (χ2n) is 3.40. The van der Waals surface area contributed by atoms with Gasteiger partial charge in [-0.3, -0.25) is 4.90 Å². The lowest BCUT2D eigenvalue weighted by Gasteiger charge is -2.25. The van der Waals surface area contributed by atoms with Gasteiger partial charge >= 0.3 is 0 Å². The zero-order valence-corrected chi connectivity index (χ0v) is 10.5. The number of thiazole rings is 1. The molecule has 1 aromatic heterocycles. The molecular formula is C10H17ClN2S. The van der Waals surface area contributed by atoms with E-state index in [4.69, 9.17) is 11.6 Å². The maximum Gasteiger partial charge on any atom is 0.183 e. The van der Waals surface area contributed by atoms with Crippen molar-refractivity contribution in [2.75, 3.05) is 6.54 Å². The van der Waals surface area contributed by atoms with Gasteiger partial charge in [0, 0.05) is 23.7 Å². The molecule has 0 fully saturated rings. The van der Waals surface area contributed by atoms with Gasteiger partial charge in [0.1, 0.15) is 0 Å². The fraction of sp³-hybridized carbons (Fsp3) is 0.700. The van der Waals surface area contributed by atoms with Crippen molar-refractivity contribution in [3.63, 3.8) is 0 Å². The third kappa shape index (κ3) is 3.23. The lowest BCUT2D eigenvalue weighted by molar-refractivity contribution is 0.208. The predicted molar refractivity (Wildman–Crippen MR) is 63.0 cm³/mol. The number of halogens is 1. The molecule has 2 nitrogen and oxygen atoms in total. The molecule has 0 saturated carbocycles. The second kappa shape index (κ2) is 5.69. The van der Waals surface area contributed by atoms with Crippen molar-refractivity contribution >= 4 is 22.9 Å². The molecule has 0 aliphatic carbocycles. The predicted octanol–water partition coefficient (Wildman–Crippen LogP) is 3.42. The van der Waals surface area contributed by atoms with Crippen LogP contribution in [0.3, 0.4) is 0 Å². The summed E-state index contributed by atoms with van der Waals surface area (Å²) >= 11 is 7.36. The van der Waals surface area contributed by atoms with Crippen molar-refractivity contribution in [2.45, 2.75) is 39.8 Å². The molecule has 0 aliphatic heterocycles. The third-order valence-electron chi connectivity index (χ3n) is 2.50. The first kappa shape index (κ1) is 12.0. The van der Waals surface area contributed by atoms with E-state index in [1.807, 2.05) is 6.20 Å². The van der Waals surface area contributed by atoms with Crippen molar-refractivity contribution in [1.82, 2.24) is 9.88 Å². The Bertz CT molecular complexity index is 275. The van der Waals surface area contributed by atoms with Gasteiger partial charge in [-0.25, -0.2) is 4.98 Å². The summed E-state index contributed by atoms with van der Waals surface area (Å²) in [6.07, 6.45) is 3.05. The standard InChI is InChI=1S/C10H17ClN2S/c1-4-8(3)13(5-2)7-9-6-12-10(11)14-9/h6,8H,4-5,7H2,1-3H3. The third-order valence-corrected chi connectivity index (χ3v) is 3.60. The number of rotatable bonds is 5. The molecule has 0 spiro atoms. The second-order valence-corrected chi connectivity index (χ2v) is 5.10. The fourth-order valence-electron chi connectivity index (χ4n) is 1.39. The van der Waals surface area contributed by atoms with Crippen molar-refractivity contribution in [3.05, 3.63) is 15.5 Å². The van der Waals surface area contributed by atoms with Crippen LogP contribution in [0, 0.1) is 0 Å². The first-order valence-electron chi connectivity index (χ1n) is 5.01. The fourth-order valence-corrected chi connectivity index (χ4v) is 2.40. The van der Waals surface area contributed by atoms with Crippen LogP contribution in [0.15, 0.2) is 6.20 Å². The Kier molecular flexibility index (Phi) is 4.85. The van der Waals surface area contributed by atoms with Crippen LogP contribution >= 0.6 is 22.9 Å². The Balaban J connectivity index is 2.56. The summed E-state index contributed by atoms with van der Waals surface area (Å²) in [4.78, 5) is 7.73. The van der Waals surface area contributed by atoms with Gasteiger partial charge < -0.3 is 0 Å². The quantitative estimate of drug-likeness (QED) is 0.774. The molecule has 0 aromatic carbocycles. The maximum atomic E-state index is 5.79. The normalized spacial score (nSPS) is 13.5. The minimum atomic E-state index is 0.626. The first-order valence-corrected chi connectivity index (χ1v) is 6.21. The highest BCUT2D eigenvalue weighted by Crippen LogP contribution is 2.20. The Morgan fingerprint density at radius 2 is 2.29 bits per heavy atom. The van der Waals surface area contributed by atoms with E-state index >= 15 is 0 Å². The van der Waals surface area contributed by atoms with Crippen molar-refractivity contribution in [1.29, 1.82) is 0 Å². The van der Waals surface area contributed by atoms with Gasteiger partial charge in [0.25, 0.3) is 0 Å². The summed E-state index contributed by atoms with van der Waals surface area (Å²) in [6.45, 7) is 8.70. The molecule has 1 rings (SSSR count). The number of aromatic nitrogens is 1. The molecule has 1 aromatic rings. The van der Waals surface area contributed by atoms with E-state index < -0.39 is 0 Å². The summed E-state index contributed by atoms with van der Waals surface area (Å²) in [6, 6.07) is 0.626. The molecule has 0 radical (unpaired) electrons. The SMILES string of the molecule is CCC(C)N(CC)Cc1cnc(Cl)s1. The molecule has 4 heteroatoms. The van der Waals surface area contributed by atoms with Crippen LogP contribution < -0.4 is 0 Å². The monoisotopic (exact) mass is 232 g/mol. The maximum absolute atomic E-state index is 5.79. The molecule has 1 heterocycles. The number of nitrogens with zero attached hydrogens (tertiary/aromatic N) is 2. The molecule has 1 atom stereocenters. The highest BCUT2D eigenvalue weighted by atomic mass is 35.5. The molecule has 0 bridgehead atoms. The van der Waals surface area contributed by atoms with Crippen LogP contribution in [0.2, 0.25) is 4.47 Å². The van der Waals surface area contributed by atoms with Crippen LogP contribution in [0.1, 0.15) is 32.1 Å². The van der Waals surface area contributed by atoms with E-state index in [1.54, 1.807) is 11.3 Å². The van der Waals surface area contributed by atoms with E-state index in [-0.39, 0.29) is 0 Å². The van der Waals surface area contributed by atoms with Crippen molar-refractivity contribution in [2.24, 2.45) is 0 Å². The van der Waals surface area contributed by atoms with Gasteiger partial charge in [-0.1, -0.05) is 25.4 Å². The van der Waals surface area contributed by atoms with Gasteiger partial charge in [-0.15, -0.1) is 11.3 Å². The van der Waals surface area contributed by atoms with Gasteiger partial charge in [0.2, 0.25) is 0 Å². The van der Waals surface area contributed by atoms with E-state index in [0.29, 0.717) is 10.5 Å². The number of hydrogen-bond donors (Lipinski definition) is 0. The zero-order valence-electron chi connectivity index (χ0n) is 8.96. The molecule has 14 heavy (non-hydrogen) atoms. The summed E-state index contributed by atoms with van der Waals surface area (Å²) in [5, 5.41) is 0. The number of hydrogen-bond acceptors (Lipinski definition) is 3. The van der Waals surface area contributed by atoms with Crippen molar-refractivity contribution < 1.29 is 0 Å². The Hall–Kier alpha value is -0.120. The van der Waals surface area contributed by atoms with Gasteiger partial charge in [0.15, 0.2) is 4.47 Å². The average Bonchev–Trinajstić information content (AvgIpc) is 2.59. The topological polar surface area (TPSA) is 16.1 Å². The molecule has 0 amide bonds. The average molecular weight is 233 g/mol. The molecular weight excluding hydrogens is 216 g/mol. The smallest absolute Gasteiger partial charge is 0.183 e. The molecule has 0 N–H and O–H groups in total. The van der Waals surface area contributed by atoms with Gasteiger partial charge in [-0.05, 0) is 19.9 Å². The van der Waals surface area contributed by atoms with Gasteiger partial charge in [-0.2, -0.15) is 0 Å². The van der Waals surface area contributed by atoms with E-state index in [1.165, 1.54) is 11.3 Å². The molecule has 0 aliphatic rings. The molecule has 80 valence electrons. The largest absolute Gasteiger partial charge is 0.296 e. The molecule has 0 saturated heterocycles. The summed E-state index contributed by atoms with van der Waals surface area (Å²) in [5.41, 5.74) is 0. The summed E-state index contributed by atoms with van der Waals surface area (Å²) < 4.78 is 0.639. The van der Waals surface area contributed by atoms with E-state index in [9.17, 15) is 0 Å². The van der Waals surface area contributed by atoms with Crippen molar-refractivity contribution in [3.8, 4) is 0 Å². The lowest BCUT2D eigenvalue weighted by Crippen LogP contribution is -2.31. The zero-order chi connectivity index (χ0) is 10.6. The van der Waals surface area contributed by atoms with Crippen LogP contribution in [-0.4, -0.2) is 22.5 Å². The van der Waals surface area contributed by atoms with Crippen LogP contribution in [0.4, 0.5) is 0 Å². The van der Waals surface area contributed by atoms with Gasteiger partial charge in [0.05, 0.1) is 0 Å². The van der Waals surface area contributed by atoms with Crippen LogP contribution in [0.25, 0.3) is 0 Å². The summed E-state index contributed by atoms with van der Waals surface area (Å²) in [7, 11) is 0. The highest BCUT2D eigenvalue weighted by molar-refractivity contribution is 7.15. The first-order chi connectivity index (χ1) is 6.67. The van der Waals surface area contributed by atoms with E-state index in [0.717, 1.165) is 13.1 Å². The minimum absolute atomic E-state index is 0.626. The lowest BCUT2D eigenvalue weighted by atomic mass is 10.2. The highest BCUT2D eigenvalue weighted by Gasteiger charge is 2.11. The Labute approximate surface area is 94.9 Å². The molecule has 1 unspecified atom stereocenters. The minimum Gasteiger partial charge on any atom is -0.296 e. The Morgan fingerprint density at radius 3 is 2.71 bits per heavy atom. The van der Waals surface area contributed by atoms with E-state index in [2.05, 4.69) is 30.7 Å². The summed E-state index contributed by atoms with van der Waals surface area (Å²) in [5.74, 6) is 0. The van der Waals surface area contributed by atoms with Crippen LogP contribution in [-0.2, 0) is 6.54 Å².